The molecule has 1 unspecified atom stereocenters. The predicted molar refractivity (Wildman–Crippen MR) is 104 cm³/mol. The van der Waals surface area contributed by atoms with Gasteiger partial charge >= 0.3 is 0 Å². The van der Waals surface area contributed by atoms with E-state index in [0.717, 1.165) is 5.56 Å². The lowest BCUT2D eigenvalue weighted by molar-refractivity contribution is 0.418. The van der Waals surface area contributed by atoms with Gasteiger partial charge in [0.2, 0.25) is 0 Å². The van der Waals surface area contributed by atoms with E-state index in [1.165, 1.54) is 12.1 Å². The quantitative estimate of drug-likeness (QED) is 0.648. The molecule has 1 atom stereocenters. The number of hydrogen-bond acceptors (Lipinski definition) is 6. The Balaban J connectivity index is 1.75. The lowest BCUT2D eigenvalue weighted by Gasteiger charge is -2.08. The van der Waals surface area contributed by atoms with E-state index in [9.17, 15) is 8.42 Å². The van der Waals surface area contributed by atoms with Crippen molar-refractivity contribution in [2.75, 3.05) is 11.8 Å². The molecule has 0 spiro atoms. The first-order chi connectivity index (χ1) is 12.9. The van der Waals surface area contributed by atoms with Crippen LogP contribution in [0, 0.1) is 6.92 Å². The number of nitrogens with zero attached hydrogens (tertiary/aromatic N) is 2. The zero-order chi connectivity index (χ0) is 19.4. The number of hydrogen-bond donors (Lipinski definition) is 2. The van der Waals surface area contributed by atoms with Crippen molar-refractivity contribution in [2.24, 2.45) is 0 Å². The Morgan fingerprint density at radius 1 is 1.07 bits per heavy atom. The zero-order valence-corrected chi connectivity index (χ0v) is 16.2. The van der Waals surface area contributed by atoms with Crippen molar-refractivity contribution in [3.8, 4) is 11.5 Å². The van der Waals surface area contributed by atoms with Gasteiger partial charge < -0.3 is 9.84 Å². The minimum Gasteiger partial charge on any atom is -0.334 e. The average molecular weight is 386 g/mol. The molecule has 0 radical (unpaired) electrons. The van der Waals surface area contributed by atoms with Crippen LogP contribution in [0.4, 0.5) is 5.69 Å². The van der Waals surface area contributed by atoms with E-state index in [2.05, 4.69) is 20.2 Å². The second-order valence-corrected chi connectivity index (χ2v) is 8.09. The molecule has 3 rings (SSSR count). The molecule has 3 aromatic rings. The predicted octanol–water partition coefficient (Wildman–Crippen LogP) is 3.00. The summed E-state index contributed by atoms with van der Waals surface area (Å²) in [5, 5.41) is 7.07. The SMILES string of the molecule is CNC(C)Cc1noc(-c2ccc(S(=O)(=O)Nc3ccc(C)cc3)cc2)n1. The monoisotopic (exact) mass is 386 g/mol. The molecule has 0 aliphatic carbocycles. The van der Waals surface area contributed by atoms with Gasteiger partial charge in [-0.05, 0) is 57.3 Å². The number of sulfonamides is 1. The van der Waals surface area contributed by atoms with Crippen LogP contribution in [0.25, 0.3) is 11.5 Å². The Bertz CT molecular complexity index is 996. The lowest BCUT2D eigenvalue weighted by atomic mass is 10.2. The van der Waals surface area contributed by atoms with Crippen LogP contribution in [0.15, 0.2) is 57.9 Å². The number of likely N-dealkylation sites (N-methyl/N-ethyl adjacent to an activating group) is 1. The van der Waals surface area contributed by atoms with Crippen LogP contribution < -0.4 is 10.0 Å². The van der Waals surface area contributed by atoms with E-state index < -0.39 is 10.0 Å². The largest absolute Gasteiger partial charge is 0.334 e. The summed E-state index contributed by atoms with van der Waals surface area (Å²) in [7, 11) is -1.79. The number of anilines is 1. The number of aromatic nitrogens is 2. The summed E-state index contributed by atoms with van der Waals surface area (Å²) in [5.41, 5.74) is 2.25. The molecule has 0 aliphatic rings. The molecular weight excluding hydrogens is 364 g/mol. The fourth-order valence-electron chi connectivity index (χ4n) is 2.44. The van der Waals surface area contributed by atoms with E-state index in [4.69, 9.17) is 4.52 Å². The molecule has 0 saturated carbocycles. The molecule has 0 fully saturated rings. The van der Waals surface area contributed by atoms with Crippen LogP contribution in [-0.2, 0) is 16.4 Å². The van der Waals surface area contributed by atoms with Crippen molar-refractivity contribution in [2.45, 2.75) is 31.2 Å². The van der Waals surface area contributed by atoms with Crippen LogP contribution in [0.3, 0.4) is 0 Å². The Morgan fingerprint density at radius 3 is 2.37 bits per heavy atom. The average Bonchev–Trinajstić information content (AvgIpc) is 3.12. The molecule has 0 saturated heterocycles. The minimum absolute atomic E-state index is 0.162. The van der Waals surface area contributed by atoms with Crippen LogP contribution >= 0.6 is 0 Å². The first-order valence-corrected chi connectivity index (χ1v) is 10.1. The first kappa shape index (κ1) is 19.1. The van der Waals surface area contributed by atoms with Crippen molar-refractivity contribution in [3.63, 3.8) is 0 Å². The molecule has 1 aromatic heterocycles. The normalized spacial score (nSPS) is 12.7. The molecule has 27 heavy (non-hydrogen) atoms. The summed E-state index contributed by atoms with van der Waals surface area (Å²) in [4.78, 5) is 4.52. The van der Waals surface area contributed by atoms with Crippen molar-refractivity contribution in [3.05, 3.63) is 59.9 Å². The van der Waals surface area contributed by atoms with Crippen LogP contribution in [-0.4, -0.2) is 31.6 Å². The maximum atomic E-state index is 12.5. The molecule has 0 bridgehead atoms. The molecule has 0 aliphatic heterocycles. The third-order valence-electron chi connectivity index (χ3n) is 4.16. The van der Waals surface area contributed by atoms with Gasteiger partial charge in [-0.15, -0.1) is 0 Å². The number of benzene rings is 2. The van der Waals surface area contributed by atoms with Crippen LogP contribution in [0.2, 0.25) is 0 Å². The van der Waals surface area contributed by atoms with Gasteiger partial charge in [0.05, 0.1) is 4.90 Å². The number of rotatable bonds is 7. The third kappa shape index (κ3) is 4.72. The van der Waals surface area contributed by atoms with Gasteiger partial charge in [0.1, 0.15) is 0 Å². The Hall–Kier alpha value is -2.71. The summed E-state index contributed by atoms with van der Waals surface area (Å²) >= 11 is 0. The van der Waals surface area contributed by atoms with Gasteiger partial charge in [0.15, 0.2) is 5.82 Å². The highest BCUT2D eigenvalue weighted by molar-refractivity contribution is 7.92. The lowest BCUT2D eigenvalue weighted by Crippen LogP contribution is -2.24. The molecule has 1 heterocycles. The number of aryl methyl sites for hydroxylation is 1. The van der Waals surface area contributed by atoms with E-state index in [1.54, 1.807) is 24.3 Å². The minimum atomic E-state index is -3.66. The Morgan fingerprint density at radius 2 is 1.74 bits per heavy atom. The van der Waals surface area contributed by atoms with E-state index in [0.29, 0.717) is 29.4 Å². The van der Waals surface area contributed by atoms with Gasteiger partial charge in [0, 0.05) is 23.7 Å². The second-order valence-electron chi connectivity index (χ2n) is 6.41. The van der Waals surface area contributed by atoms with Gasteiger partial charge in [0.25, 0.3) is 15.9 Å². The van der Waals surface area contributed by atoms with Crippen molar-refractivity contribution >= 4 is 15.7 Å². The van der Waals surface area contributed by atoms with E-state index >= 15 is 0 Å². The fraction of sp³-hybridized carbons (Fsp3) is 0.263. The van der Waals surface area contributed by atoms with E-state index in [-0.39, 0.29) is 10.9 Å². The second kappa shape index (κ2) is 7.89. The fourth-order valence-corrected chi connectivity index (χ4v) is 3.50. The highest BCUT2D eigenvalue weighted by atomic mass is 32.2. The van der Waals surface area contributed by atoms with Gasteiger partial charge in [-0.1, -0.05) is 22.9 Å². The maximum Gasteiger partial charge on any atom is 0.261 e. The van der Waals surface area contributed by atoms with E-state index in [1.807, 2.05) is 33.0 Å². The molecule has 7 nitrogen and oxygen atoms in total. The Labute approximate surface area is 158 Å². The van der Waals surface area contributed by atoms with Crippen molar-refractivity contribution in [1.29, 1.82) is 0 Å². The molecule has 2 N–H and O–H groups in total. The molecule has 2 aromatic carbocycles. The standard InChI is InChI=1S/C19H22N4O3S/c1-13-4-8-16(9-5-13)23-27(24,25)17-10-6-15(7-11-17)19-21-18(22-26-19)12-14(2)20-3/h4-11,14,20,23H,12H2,1-3H3. The smallest absolute Gasteiger partial charge is 0.261 e. The van der Waals surface area contributed by atoms with Gasteiger partial charge in [-0.2, -0.15) is 4.98 Å². The molecule has 8 heteroatoms. The van der Waals surface area contributed by atoms with Gasteiger partial charge in [-0.3, -0.25) is 4.72 Å². The van der Waals surface area contributed by atoms with Gasteiger partial charge in [-0.25, -0.2) is 8.42 Å². The van der Waals surface area contributed by atoms with Crippen LogP contribution in [0.1, 0.15) is 18.3 Å². The van der Waals surface area contributed by atoms with Crippen molar-refractivity contribution < 1.29 is 12.9 Å². The molecule has 142 valence electrons. The summed E-state index contributed by atoms with van der Waals surface area (Å²) in [6, 6.07) is 13.7. The first-order valence-electron chi connectivity index (χ1n) is 8.57. The molecular formula is C19H22N4O3S. The van der Waals surface area contributed by atoms with Crippen molar-refractivity contribution in [1.82, 2.24) is 15.5 Å². The summed E-state index contributed by atoms with van der Waals surface area (Å²) < 4.78 is 32.9. The summed E-state index contributed by atoms with van der Waals surface area (Å²) in [5.74, 6) is 0.966. The topological polar surface area (TPSA) is 97.1 Å². The Kier molecular flexibility index (Phi) is 5.57. The molecule has 0 amide bonds. The maximum absolute atomic E-state index is 12.5. The highest BCUT2D eigenvalue weighted by Crippen LogP contribution is 2.22. The van der Waals surface area contributed by atoms with Crippen LogP contribution in [0.5, 0.6) is 0 Å². The third-order valence-corrected chi connectivity index (χ3v) is 5.56. The summed E-state index contributed by atoms with van der Waals surface area (Å²) in [6.45, 7) is 3.97. The summed E-state index contributed by atoms with van der Waals surface area (Å²) in [6.07, 6.45) is 0.646. The zero-order valence-electron chi connectivity index (χ0n) is 15.4. The number of nitrogens with one attached hydrogen (secondary N) is 2. The highest BCUT2D eigenvalue weighted by Gasteiger charge is 2.16.